The number of carbonyl (C=O) groups is 1. The SMILES string of the molecule is Cl.N[C@@H](Cc1c[nH]c2ccccc12)C(=O)Nc1nc(C2CC2)cs1. The van der Waals surface area contributed by atoms with Crippen molar-refractivity contribution >= 4 is 45.7 Å². The minimum Gasteiger partial charge on any atom is -0.361 e. The molecule has 1 aromatic carbocycles. The van der Waals surface area contributed by atoms with Crippen LogP contribution in [-0.2, 0) is 11.2 Å². The van der Waals surface area contributed by atoms with Crippen LogP contribution in [0.5, 0.6) is 0 Å². The molecule has 4 rings (SSSR count). The second-order valence-electron chi connectivity index (χ2n) is 6.01. The second kappa shape index (κ2) is 6.93. The molecule has 0 spiro atoms. The lowest BCUT2D eigenvalue weighted by Crippen LogP contribution is -2.37. The Kier molecular flexibility index (Phi) is 4.89. The van der Waals surface area contributed by atoms with Gasteiger partial charge < -0.3 is 16.0 Å². The van der Waals surface area contributed by atoms with Crippen molar-refractivity contribution in [3.63, 3.8) is 0 Å². The first-order valence-corrected chi connectivity index (χ1v) is 8.65. The molecule has 4 N–H and O–H groups in total. The highest BCUT2D eigenvalue weighted by Gasteiger charge is 2.26. The number of thiazole rings is 1. The van der Waals surface area contributed by atoms with Crippen LogP contribution in [0.15, 0.2) is 35.8 Å². The molecule has 1 aliphatic carbocycles. The first kappa shape index (κ1) is 17.0. The van der Waals surface area contributed by atoms with E-state index in [9.17, 15) is 4.79 Å². The average Bonchev–Trinajstić information content (AvgIpc) is 3.18. The summed E-state index contributed by atoms with van der Waals surface area (Å²) in [7, 11) is 0. The zero-order chi connectivity index (χ0) is 15.8. The number of anilines is 1. The van der Waals surface area contributed by atoms with Gasteiger partial charge in [0.25, 0.3) is 0 Å². The van der Waals surface area contributed by atoms with E-state index in [-0.39, 0.29) is 18.3 Å². The summed E-state index contributed by atoms with van der Waals surface area (Å²) in [6, 6.07) is 7.42. The molecule has 1 fully saturated rings. The van der Waals surface area contributed by atoms with E-state index in [0.29, 0.717) is 17.5 Å². The standard InChI is InChI=1S/C17H18N4OS.ClH/c18-13(7-11-8-19-14-4-2-1-3-12(11)14)16(22)21-17-20-15(9-23-17)10-5-6-10;/h1-4,8-10,13,19H,5-7,18H2,(H,20,21,22);1H/t13-;/m0./s1. The summed E-state index contributed by atoms with van der Waals surface area (Å²) in [5, 5.41) is 6.62. The lowest BCUT2D eigenvalue weighted by molar-refractivity contribution is -0.117. The van der Waals surface area contributed by atoms with Crippen LogP contribution in [0.3, 0.4) is 0 Å². The summed E-state index contributed by atoms with van der Waals surface area (Å²) in [6.07, 6.45) is 4.83. The highest BCUT2D eigenvalue weighted by atomic mass is 35.5. The number of fused-ring (bicyclic) bond motifs is 1. The molecule has 1 saturated carbocycles. The molecule has 126 valence electrons. The Bertz CT molecular complexity index is 855. The maximum absolute atomic E-state index is 12.3. The number of amides is 1. The number of carbonyl (C=O) groups excluding carboxylic acids is 1. The van der Waals surface area contributed by atoms with E-state index in [4.69, 9.17) is 5.73 Å². The molecule has 0 bridgehead atoms. The van der Waals surface area contributed by atoms with Gasteiger partial charge in [-0.25, -0.2) is 4.98 Å². The first-order chi connectivity index (χ1) is 11.2. The Labute approximate surface area is 150 Å². The van der Waals surface area contributed by atoms with Crippen LogP contribution in [0.1, 0.15) is 30.0 Å². The van der Waals surface area contributed by atoms with Gasteiger partial charge in [0, 0.05) is 28.4 Å². The van der Waals surface area contributed by atoms with E-state index in [1.165, 1.54) is 24.2 Å². The molecule has 1 atom stereocenters. The van der Waals surface area contributed by atoms with Crippen LogP contribution >= 0.6 is 23.7 Å². The molecule has 7 heteroatoms. The number of H-pyrrole nitrogens is 1. The molecule has 0 saturated heterocycles. The molecule has 2 aromatic heterocycles. The van der Waals surface area contributed by atoms with Crippen LogP contribution in [-0.4, -0.2) is 21.9 Å². The highest BCUT2D eigenvalue weighted by molar-refractivity contribution is 7.13. The molecule has 5 nitrogen and oxygen atoms in total. The third-order valence-electron chi connectivity index (χ3n) is 4.20. The first-order valence-electron chi connectivity index (χ1n) is 7.77. The number of benzene rings is 1. The fraction of sp³-hybridized carbons (Fsp3) is 0.294. The quantitative estimate of drug-likeness (QED) is 0.650. The third-order valence-corrected chi connectivity index (χ3v) is 4.98. The van der Waals surface area contributed by atoms with Crippen LogP contribution in [0.25, 0.3) is 10.9 Å². The summed E-state index contributed by atoms with van der Waals surface area (Å²) in [6.45, 7) is 0. The fourth-order valence-electron chi connectivity index (χ4n) is 2.74. The number of hydrogen-bond acceptors (Lipinski definition) is 4. The average molecular weight is 363 g/mol. The molecule has 3 aromatic rings. The van der Waals surface area contributed by atoms with Gasteiger partial charge in [-0.15, -0.1) is 23.7 Å². The number of nitrogens with two attached hydrogens (primary N) is 1. The Balaban J connectivity index is 0.00000169. The predicted molar refractivity (Wildman–Crippen MR) is 99.9 cm³/mol. The fourth-order valence-corrected chi connectivity index (χ4v) is 3.53. The summed E-state index contributed by atoms with van der Waals surface area (Å²) >= 11 is 1.47. The Hall–Kier alpha value is -1.89. The number of rotatable bonds is 5. The zero-order valence-electron chi connectivity index (χ0n) is 13.0. The minimum atomic E-state index is -0.595. The number of hydrogen-bond donors (Lipinski definition) is 3. The Morgan fingerprint density at radius 3 is 3.00 bits per heavy atom. The van der Waals surface area contributed by atoms with Crippen molar-refractivity contribution in [3.8, 4) is 0 Å². The maximum atomic E-state index is 12.3. The minimum absolute atomic E-state index is 0. The van der Waals surface area contributed by atoms with Crippen LogP contribution in [0.4, 0.5) is 5.13 Å². The topological polar surface area (TPSA) is 83.8 Å². The van der Waals surface area contributed by atoms with Crippen molar-refractivity contribution in [2.45, 2.75) is 31.2 Å². The monoisotopic (exact) mass is 362 g/mol. The van der Waals surface area contributed by atoms with Gasteiger partial charge in [0.2, 0.25) is 5.91 Å². The van der Waals surface area contributed by atoms with Gasteiger partial charge in [0.05, 0.1) is 11.7 Å². The zero-order valence-corrected chi connectivity index (χ0v) is 14.6. The van der Waals surface area contributed by atoms with Gasteiger partial charge in [-0.05, 0) is 30.9 Å². The number of aromatic amines is 1. The van der Waals surface area contributed by atoms with Gasteiger partial charge in [0.1, 0.15) is 0 Å². The maximum Gasteiger partial charge on any atom is 0.243 e. The molecular formula is C17H19ClN4OS. The third kappa shape index (κ3) is 3.45. The molecule has 1 aliphatic rings. The molecule has 0 unspecified atom stereocenters. The van der Waals surface area contributed by atoms with Crippen molar-refractivity contribution in [3.05, 3.63) is 47.1 Å². The molecule has 0 aliphatic heterocycles. The number of nitrogens with one attached hydrogen (secondary N) is 2. The molecule has 1 amide bonds. The van der Waals surface area contributed by atoms with Crippen molar-refractivity contribution in [2.75, 3.05) is 5.32 Å². The largest absolute Gasteiger partial charge is 0.361 e. The van der Waals surface area contributed by atoms with Crippen LogP contribution in [0, 0.1) is 0 Å². The lowest BCUT2D eigenvalue weighted by Gasteiger charge is -2.10. The Morgan fingerprint density at radius 2 is 2.21 bits per heavy atom. The van der Waals surface area contributed by atoms with E-state index >= 15 is 0 Å². The van der Waals surface area contributed by atoms with Crippen molar-refractivity contribution in [2.24, 2.45) is 5.73 Å². The van der Waals surface area contributed by atoms with Crippen molar-refractivity contribution in [1.29, 1.82) is 0 Å². The number of aromatic nitrogens is 2. The van der Waals surface area contributed by atoms with Crippen molar-refractivity contribution in [1.82, 2.24) is 9.97 Å². The Morgan fingerprint density at radius 1 is 1.42 bits per heavy atom. The summed E-state index contributed by atoms with van der Waals surface area (Å²) in [5.41, 5.74) is 9.29. The molecule has 2 heterocycles. The van der Waals surface area contributed by atoms with Crippen LogP contribution in [0.2, 0.25) is 0 Å². The van der Waals surface area contributed by atoms with Gasteiger partial charge >= 0.3 is 0 Å². The summed E-state index contributed by atoms with van der Waals surface area (Å²) < 4.78 is 0. The van der Waals surface area contributed by atoms with Gasteiger partial charge in [-0.3, -0.25) is 4.79 Å². The normalized spacial score (nSPS) is 15.0. The van der Waals surface area contributed by atoms with Gasteiger partial charge in [-0.2, -0.15) is 0 Å². The molecular weight excluding hydrogens is 344 g/mol. The number of para-hydroxylation sites is 1. The summed E-state index contributed by atoms with van der Waals surface area (Å²) in [5.74, 6) is 0.406. The van der Waals surface area contributed by atoms with Gasteiger partial charge in [-0.1, -0.05) is 18.2 Å². The molecule has 0 radical (unpaired) electrons. The van der Waals surface area contributed by atoms with Crippen LogP contribution < -0.4 is 11.1 Å². The number of halogens is 1. The van der Waals surface area contributed by atoms with E-state index in [1.54, 1.807) is 0 Å². The van der Waals surface area contributed by atoms with E-state index in [1.807, 2.05) is 35.8 Å². The van der Waals surface area contributed by atoms with Crippen molar-refractivity contribution < 1.29 is 4.79 Å². The smallest absolute Gasteiger partial charge is 0.243 e. The highest BCUT2D eigenvalue weighted by Crippen LogP contribution is 2.40. The van der Waals surface area contributed by atoms with E-state index in [2.05, 4.69) is 15.3 Å². The summed E-state index contributed by atoms with van der Waals surface area (Å²) in [4.78, 5) is 20.0. The van der Waals surface area contributed by atoms with Gasteiger partial charge in [0.15, 0.2) is 5.13 Å². The molecule has 24 heavy (non-hydrogen) atoms. The number of nitrogens with zero attached hydrogens (tertiary/aromatic N) is 1. The second-order valence-corrected chi connectivity index (χ2v) is 6.87. The predicted octanol–water partition coefficient (Wildman–Crippen LogP) is 3.43. The van der Waals surface area contributed by atoms with E-state index in [0.717, 1.165) is 22.2 Å². The van der Waals surface area contributed by atoms with E-state index < -0.39 is 6.04 Å². The lowest BCUT2D eigenvalue weighted by atomic mass is 10.1.